The van der Waals surface area contributed by atoms with Crippen LogP contribution in [0.3, 0.4) is 0 Å². The maximum atomic E-state index is 13.0. The summed E-state index contributed by atoms with van der Waals surface area (Å²) in [5, 5.41) is 22.5. The highest BCUT2D eigenvalue weighted by Crippen LogP contribution is 2.42. The van der Waals surface area contributed by atoms with Gasteiger partial charge in [-0.15, -0.1) is 0 Å². The Morgan fingerprint density at radius 3 is 2.53 bits per heavy atom. The molecule has 2 aromatic rings. The van der Waals surface area contributed by atoms with E-state index >= 15 is 0 Å². The molecular weight excluding hydrogens is 402 g/mol. The number of nitrogens with one attached hydrogen (secondary N) is 1. The molecule has 2 amide bonds. The fraction of sp³-hybridized carbons (Fsp3) is 0.423. The largest absolute Gasteiger partial charge is 0.395 e. The normalized spacial score (nSPS) is 24.1. The molecule has 0 spiro atoms. The summed E-state index contributed by atoms with van der Waals surface area (Å²) in [4.78, 5) is 17.3. The third kappa shape index (κ3) is 4.97. The lowest BCUT2D eigenvalue weighted by molar-refractivity contribution is -0.0585. The first kappa shape index (κ1) is 22.3. The standard InChI is InChI=1S/C26H31N3O3/c1-19(31)9-10-20-11-13-21(14-12-20)25-23-17-28(15-5-6-16-29(23)24(25)18-30)26(32)27-22-7-3-2-4-8-22/h2-4,7-8,11-14,19,23-25,30-31H,5-6,15-18H2,1H3,(H,27,32)/t19-,23-,24-,25+/m1/s1. The highest BCUT2D eigenvalue weighted by Gasteiger charge is 2.49. The molecule has 6 nitrogen and oxygen atoms in total. The van der Waals surface area contributed by atoms with Crippen LogP contribution >= 0.6 is 0 Å². The Bertz CT molecular complexity index is 965. The SMILES string of the molecule is C[C@@H](O)C#Cc1ccc([C@@H]2[C@@H](CO)N3CCCCN(C(=O)Nc4ccccc4)C[C@H]23)cc1. The zero-order chi connectivity index (χ0) is 22.5. The van der Waals surface area contributed by atoms with Gasteiger partial charge in [-0.2, -0.15) is 0 Å². The molecule has 2 aliphatic heterocycles. The molecule has 2 heterocycles. The maximum absolute atomic E-state index is 13.0. The predicted octanol–water partition coefficient (Wildman–Crippen LogP) is 2.88. The quantitative estimate of drug-likeness (QED) is 0.651. The number of carbonyl (C=O) groups is 1. The number of amides is 2. The average molecular weight is 434 g/mol. The summed E-state index contributed by atoms with van der Waals surface area (Å²) in [6.07, 6.45) is 1.30. The van der Waals surface area contributed by atoms with Gasteiger partial charge in [0.25, 0.3) is 0 Å². The molecule has 0 aromatic heterocycles. The van der Waals surface area contributed by atoms with Gasteiger partial charge in [-0.05, 0) is 56.1 Å². The topological polar surface area (TPSA) is 76.0 Å². The summed E-state index contributed by atoms with van der Waals surface area (Å²) >= 11 is 0. The van der Waals surface area contributed by atoms with Crippen molar-refractivity contribution in [3.8, 4) is 11.8 Å². The van der Waals surface area contributed by atoms with Gasteiger partial charge < -0.3 is 20.4 Å². The Morgan fingerprint density at radius 1 is 1.12 bits per heavy atom. The summed E-state index contributed by atoms with van der Waals surface area (Å²) in [6.45, 7) is 4.04. The fourth-order valence-corrected chi connectivity index (χ4v) is 4.83. The Kier molecular flexibility index (Phi) is 7.11. The molecule has 32 heavy (non-hydrogen) atoms. The number of hydrogen-bond acceptors (Lipinski definition) is 4. The Labute approximate surface area is 189 Å². The van der Waals surface area contributed by atoms with E-state index in [4.69, 9.17) is 0 Å². The number of rotatable bonds is 3. The predicted molar refractivity (Wildman–Crippen MR) is 125 cm³/mol. The van der Waals surface area contributed by atoms with E-state index < -0.39 is 6.10 Å². The number of benzene rings is 2. The molecule has 168 valence electrons. The van der Waals surface area contributed by atoms with Crippen molar-refractivity contribution in [1.82, 2.24) is 9.80 Å². The van der Waals surface area contributed by atoms with Crippen molar-refractivity contribution in [2.24, 2.45) is 0 Å². The molecule has 0 radical (unpaired) electrons. The fourth-order valence-electron chi connectivity index (χ4n) is 4.83. The first-order valence-electron chi connectivity index (χ1n) is 11.3. The lowest BCUT2D eigenvalue weighted by atomic mass is 9.74. The van der Waals surface area contributed by atoms with Gasteiger partial charge in [0.1, 0.15) is 6.10 Å². The lowest BCUT2D eigenvalue weighted by Gasteiger charge is -2.57. The molecule has 2 saturated heterocycles. The second kappa shape index (κ2) is 10.2. The Hall–Kier alpha value is -2.85. The smallest absolute Gasteiger partial charge is 0.321 e. The second-order valence-electron chi connectivity index (χ2n) is 8.60. The van der Waals surface area contributed by atoms with Crippen molar-refractivity contribution in [2.75, 3.05) is 31.6 Å². The number of para-hydroxylation sites is 1. The number of hydrogen-bond donors (Lipinski definition) is 3. The molecule has 0 aliphatic carbocycles. The van der Waals surface area contributed by atoms with E-state index in [0.29, 0.717) is 6.54 Å². The summed E-state index contributed by atoms with van der Waals surface area (Å²) in [5.74, 6) is 5.89. The van der Waals surface area contributed by atoms with Crippen LogP contribution in [0.5, 0.6) is 0 Å². The summed E-state index contributed by atoms with van der Waals surface area (Å²) in [5.41, 5.74) is 2.80. The molecule has 4 rings (SSSR count). The Morgan fingerprint density at radius 2 is 1.84 bits per heavy atom. The highest BCUT2D eigenvalue weighted by atomic mass is 16.3. The maximum Gasteiger partial charge on any atom is 0.321 e. The first-order chi connectivity index (χ1) is 15.6. The van der Waals surface area contributed by atoms with Crippen LogP contribution in [0.15, 0.2) is 54.6 Å². The van der Waals surface area contributed by atoms with Gasteiger partial charge in [0.15, 0.2) is 0 Å². The number of aliphatic hydroxyl groups excluding tert-OH is 2. The van der Waals surface area contributed by atoms with E-state index in [1.165, 1.54) is 0 Å². The molecule has 0 unspecified atom stereocenters. The first-order valence-corrected chi connectivity index (χ1v) is 11.3. The minimum atomic E-state index is -0.656. The minimum absolute atomic E-state index is 0.0616. The molecule has 0 bridgehead atoms. The summed E-state index contributed by atoms with van der Waals surface area (Å²) in [7, 11) is 0. The molecule has 3 N–H and O–H groups in total. The number of anilines is 1. The van der Waals surface area contributed by atoms with Gasteiger partial charge in [0, 0.05) is 42.3 Å². The number of urea groups is 1. The zero-order valence-corrected chi connectivity index (χ0v) is 18.4. The monoisotopic (exact) mass is 433 g/mol. The number of fused-ring (bicyclic) bond motifs is 1. The zero-order valence-electron chi connectivity index (χ0n) is 18.4. The number of nitrogens with zero attached hydrogens (tertiary/aromatic N) is 2. The lowest BCUT2D eigenvalue weighted by Crippen LogP contribution is -2.68. The third-order valence-corrected chi connectivity index (χ3v) is 6.40. The van der Waals surface area contributed by atoms with E-state index in [0.717, 1.165) is 42.7 Å². The highest BCUT2D eigenvalue weighted by molar-refractivity contribution is 5.89. The molecule has 2 aromatic carbocycles. The van der Waals surface area contributed by atoms with E-state index in [2.05, 4.69) is 34.2 Å². The molecule has 6 heteroatoms. The van der Waals surface area contributed by atoms with Gasteiger partial charge in [0.2, 0.25) is 0 Å². The van der Waals surface area contributed by atoms with Crippen LogP contribution in [0.2, 0.25) is 0 Å². The van der Waals surface area contributed by atoms with Gasteiger partial charge >= 0.3 is 6.03 Å². The summed E-state index contributed by atoms with van der Waals surface area (Å²) in [6, 6.07) is 17.7. The van der Waals surface area contributed by atoms with Crippen molar-refractivity contribution in [1.29, 1.82) is 0 Å². The van der Waals surface area contributed by atoms with Crippen LogP contribution in [0.25, 0.3) is 0 Å². The Balaban J connectivity index is 1.51. The van der Waals surface area contributed by atoms with E-state index in [-0.39, 0.29) is 30.6 Å². The average Bonchev–Trinajstić information content (AvgIpc) is 2.78. The third-order valence-electron chi connectivity index (χ3n) is 6.40. The molecule has 4 atom stereocenters. The van der Waals surface area contributed by atoms with E-state index in [1.807, 2.05) is 47.4 Å². The van der Waals surface area contributed by atoms with Crippen molar-refractivity contribution in [3.63, 3.8) is 0 Å². The summed E-state index contributed by atoms with van der Waals surface area (Å²) < 4.78 is 0. The van der Waals surface area contributed by atoms with Crippen molar-refractivity contribution >= 4 is 11.7 Å². The second-order valence-corrected chi connectivity index (χ2v) is 8.60. The van der Waals surface area contributed by atoms with E-state index in [1.54, 1.807) is 6.92 Å². The van der Waals surface area contributed by atoms with Crippen LogP contribution in [-0.2, 0) is 0 Å². The van der Waals surface area contributed by atoms with Crippen molar-refractivity contribution < 1.29 is 15.0 Å². The van der Waals surface area contributed by atoms with Gasteiger partial charge in [-0.3, -0.25) is 4.90 Å². The number of aliphatic hydroxyl groups is 2. The van der Waals surface area contributed by atoms with Crippen LogP contribution in [-0.4, -0.2) is 70.5 Å². The van der Waals surface area contributed by atoms with Gasteiger partial charge in [-0.25, -0.2) is 4.79 Å². The molecule has 2 aliphatic rings. The van der Waals surface area contributed by atoms with E-state index in [9.17, 15) is 15.0 Å². The molecule has 2 fully saturated rings. The van der Waals surface area contributed by atoms with Crippen LogP contribution in [0.4, 0.5) is 10.5 Å². The molecule has 0 saturated carbocycles. The number of carbonyl (C=O) groups excluding carboxylic acids is 1. The van der Waals surface area contributed by atoms with Crippen LogP contribution in [0.1, 0.15) is 36.8 Å². The van der Waals surface area contributed by atoms with Crippen LogP contribution in [0, 0.1) is 11.8 Å². The van der Waals surface area contributed by atoms with Gasteiger partial charge in [-0.1, -0.05) is 42.2 Å². The van der Waals surface area contributed by atoms with Crippen LogP contribution < -0.4 is 5.32 Å². The molecular formula is C26H31N3O3. The van der Waals surface area contributed by atoms with Gasteiger partial charge in [0.05, 0.1) is 6.61 Å². The van der Waals surface area contributed by atoms with Crippen molar-refractivity contribution in [2.45, 2.75) is 43.9 Å². The van der Waals surface area contributed by atoms with Crippen molar-refractivity contribution in [3.05, 3.63) is 65.7 Å². The minimum Gasteiger partial charge on any atom is -0.395 e.